The average molecular weight is 206 g/mol. The Kier molecular flexibility index (Phi) is 3.66. The summed E-state index contributed by atoms with van der Waals surface area (Å²) in [5, 5.41) is 3.16. The monoisotopic (exact) mass is 206 g/mol. The Balaban J connectivity index is 2.47. The van der Waals surface area contributed by atoms with E-state index in [2.05, 4.69) is 5.32 Å². The maximum absolute atomic E-state index is 11.4. The fraction of sp³-hybridized carbons (Fsp3) is 0.857. The number of hydrogen-bond donors (Lipinski definition) is 1. The molecule has 0 aromatic heterocycles. The molecule has 0 aromatic carbocycles. The van der Waals surface area contributed by atoms with Crippen molar-refractivity contribution >= 4 is 10.0 Å². The Labute approximate surface area is 79.8 Å². The van der Waals surface area contributed by atoms with Crippen molar-refractivity contribution in [2.24, 2.45) is 0 Å². The molecule has 1 rings (SSSR count). The smallest absolute Gasteiger partial charge is 0.232 e. The molecule has 1 aliphatic heterocycles. The van der Waals surface area contributed by atoms with Gasteiger partial charge in [0.2, 0.25) is 10.0 Å². The van der Waals surface area contributed by atoms with E-state index >= 15 is 0 Å². The van der Waals surface area contributed by atoms with E-state index in [1.807, 2.05) is 4.90 Å². The highest BCUT2D eigenvalue weighted by Gasteiger charge is 2.20. The Hall–Kier alpha value is -0.170. The normalized spacial score (nSPS) is 20.8. The Morgan fingerprint density at radius 3 is 2.31 bits per heavy atom. The molecule has 0 amide bonds. The highest BCUT2D eigenvalue weighted by molar-refractivity contribution is 7.91. The summed E-state index contributed by atoms with van der Waals surface area (Å²) in [5.41, 5.74) is 0. The van der Waals surface area contributed by atoms with Gasteiger partial charge in [-0.2, -0.15) is 0 Å². The van der Waals surface area contributed by atoms with Crippen molar-refractivity contribution in [2.45, 2.75) is 0 Å². The van der Waals surface area contributed by atoms with Gasteiger partial charge in [0.15, 0.2) is 5.88 Å². The lowest BCUT2D eigenvalue weighted by atomic mass is 10.4. The number of piperazine rings is 1. The van der Waals surface area contributed by atoms with Crippen LogP contribution in [0.25, 0.3) is 0 Å². The first-order chi connectivity index (χ1) is 6.02. The van der Waals surface area contributed by atoms with E-state index in [9.17, 15) is 8.42 Å². The van der Waals surface area contributed by atoms with E-state index < -0.39 is 10.0 Å². The van der Waals surface area contributed by atoms with Crippen molar-refractivity contribution in [1.29, 1.82) is 0 Å². The molecule has 0 aromatic rings. The van der Waals surface area contributed by atoms with Crippen molar-refractivity contribution < 1.29 is 8.42 Å². The van der Waals surface area contributed by atoms with Gasteiger partial charge < -0.3 is 5.32 Å². The number of nitrogens with zero attached hydrogens (tertiary/aromatic N) is 2. The average Bonchev–Trinajstić information content (AvgIpc) is 2.05. The topological polar surface area (TPSA) is 52.7 Å². The third kappa shape index (κ3) is 3.22. The van der Waals surface area contributed by atoms with Crippen LogP contribution in [0.15, 0.2) is 0 Å². The van der Waals surface area contributed by atoms with Gasteiger partial charge in [-0.15, -0.1) is 0 Å². The molecule has 1 radical (unpaired) electrons. The van der Waals surface area contributed by atoms with Crippen LogP contribution in [0.5, 0.6) is 0 Å². The van der Waals surface area contributed by atoms with Crippen LogP contribution in [0.4, 0.5) is 0 Å². The number of hydrogen-bond acceptors (Lipinski definition) is 4. The summed E-state index contributed by atoms with van der Waals surface area (Å²) in [6.45, 7) is 3.21. The van der Waals surface area contributed by atoms with E-state index in [0.717, 1.165) is 26.2 Å². The lowest BCUT2D eigenvalue weighted by molar-refractivity contribution is 0.304. The molecule has 0 saturated carbocycles. The molecule has 1 saturated heterocycles. The minimum atomic E-state index is -3.19. The Morgan fingerprint density at radius 2 is 1.85 bits per heavy atom. The van der Waals surface area contributed by atoms with Gasteiger partial charge in [0.25, 0.3) is 0 Å². The predicted molar refractivity (Wildman–Crippen MR) is 51.3 cm³/mol. The van der Waals surface area contributed by atoms with Gasteiger partial charge in [-0.05, 0) is 0 Å². The molecular weight excluding hydrogens is 190 g/mol. The molecule has 1 heterocycles. The Bertz CT molecular complexity index is 244. The second-order valence-electron chi connectivity index (χ2n) is 3.22. The van der Waals surface area contributed by atoms with Gasteiger partial charge >= 0.3 is 0 Å². The lowest BCUT2D eigenvalue weighted by Gasteiger charge is -2.27. The van der Waals surface area contributed by atoms with Gasteiger partial charge in [-0.25, -0.2) is 12.7 Å². The summed E-state index contributed by atoms with van der Waals surface area (Å²) in [4.78, 5) is 1.83. The van der Waals surface area contributed by atoms with E-state index in [4.69, 9.17) is 0 Å². The van der Waals surface area contributed by atoms with Crippen LogP contribution in [0.2, 0.25) is 0 Å². The summed E-state index contributed by atoms with van der Waals surface area (Å²) in [6.07, 6.45) is 0. The molecule has 0 bridgehead atoms. The molecule has 6 heteroatoms. The van der Waals surface area contributed by atoms with Crippen LogP contribution in [-0.2, 0) is 10.0 Å². The fourth-order valence-corrected chi connectivity index (χ4v) is 1.85. The van der Waals surface area contributed by atoms with E-state index in [-0.39, 0.29) is 0 Å². The first-order valence-corrected chi connectivity index (χ1v) is 5.75. The lowest BCUT2D eigenvalue weighted by Crippen LogP contribution is -2.44. The number of sulfonamides is 1. The standard InChI is InChI=1S/C7H16N3O2S/c1-9(2)13(11,12)7-10-5-3-8-4-6-10/h7-8H,3-6H2,1-2H3. The predicted octanol–water partition coefficient (Wildman–Crippen LogP) is -1.10. The molecular formula is C7H16N3O2S. The van der Waals surface area contributed by atoms with Gasteiger partial charge in [0.05, 0.1) is 0 Å². The molecule has 0 aliphatic carbocycles. The summed E-state index contributed by atoms with van der Waals surface area (Å²) in [5.74, 6) is 1.31. The maximum Gasteiger partial charge on any atom is 0.232 e. The molecule has 1 fully saturated rings. The molecule has 1 aliphatic rings. The van der Waals surface area contributed by atoms with Crippen LogP contribution in [-0.4, -0.2) is 57.9 Å². The minimum absolute atomic E-state index is 0.757. The van der Waals surface area contributed by atoms with Crippen molar-refractivity contribution in [3.05, 3.63) is 5.88 Å². The summed E-state index contributed by atoms with van der Waals surface area (Å²) >= 11 is 0. The van der Waals surface area contributed by atoms with E-state index in [1.165, 1.54) is 24.3 Å². The van der Waals surface area contributed by atoms with Gasteiger partial charge in [-0.3, -0.25) is 4.90 Å². The maximum atomic E-state index is 11.4. The number of nitrogens with one attached hydrogen (secondary N) is 1. The number of rotatable bonds is 3. The van der Waals surface area contributed by atoms with Crippen LogP contribution in [0, 0.1) is 5.88 Å². The zero-order valence-corrected chi connectivity index (χ0v) is 8.84. The third-order valence-corrected chi connectivity index (χ3v) is 3.53. The zero-order chi connectivity index (χ0) is 9.90. The molecule has 5 nitrogen and oxygen atoms in total. The van der Waals surface area contributed by atoms with Crippen molar-refractivity contribution in [3.63, 3.8) is 0 Å². The van der Waals surface area contributed by atoms with Crippen molar-refractivity contribution in [2.75, 3.05) is 40.3 Å². The van der Waals surface area contributed by atoms with Crippen LogP contribution >= 0.6 is 0 Å². The molecule has 13 heavy (non-hydrogen) atoms. The first kappa shape index (κ1) is 10.9. The van der Waals surface area contributed by atoms with Gasteiger partial charge in [0.1, 0.15) is 0 Å². The quantitative estimate of drug-likeness (QED) is 0.637. The summed E-state index contributed by atoms with van der Waals surface area (Å²) in [7, 11) is -0.120. The van der Waals surface area contributed by atoms with Crippen LogP contribution in [0.1, 0.15) is 0 Å². The summed E-state index contributed by atoms with van der Waals surface area (Å²) < 4.78 is 24.0. The Morgan fingerprint density at radius 1 is 1.31 bits per heavy atom. The fourth-order valence-electron chi connectivity index (χ4n) is 1.07. The molecule has 0 spiro atoms. The summed E-state index contributed by atoms with van der Waals surface area (Å²) in [6, 6.07) is 0. The highest BCUT2D eigenvalue weighted by Crippen LogP contribution is 2.05. The third-order valence-electron chi connectivity index (χ3n) is 1.94. The van der Waals surface area contributed by atoms with Gasteiger partial charge in [-0.1, -0.05) is 0 Å². The molecule has 0 atom stereocenters. The minimum Gasteiger partial charge on any atom is -0.314 e. The van der Waals surface area contributed by atoms with Crippen molar-refractivity contribution in [1.82, 2.24) is 14.5 Å². The highest BCUT2D eigenvalue weighted by atomic mass is 32.2. The zero-order valence-electron chi connectivity index (χ0n) is 8.02. The molecule has 77 valence electrons. The largest absolute Gasteiger partial charge is 0.314 e. The van der Waals surface area contributed by atoms with E-state index in [0.29, 0.717) is 0 Å². The first-order valence-electron chi connectivity index (χ1n) is 4.24. The van der Waals surface area contributed by atoms with Crippen LogP contribution < -0.4 is 5.32 Å². The molecule has 0 unspecified atom stereocenters. The SMILES string of the molecule is CN(C)S(=O)(=O)[CH]N1CCNCC1. The van der Waals surface area contributed by atoms with Gasteiger partial charge in [0, 0.05) is 40.3 Å². The molecule has 1 N–H and O–H groups in total. The van der Waals surface area contributed by atoms with Crippen LogP contribution in [0.3, 0.4) is 0 Å². The van der Waals surface area contributed by atoms with Crippen molar-refractivity contribution in [3.8, 4) is 0 Å². The second kappa shape index (κ2) is 4.36. The van der Waals surface area contributed by atoms with E-state index in [1.54, 1.807) is 0 Å². The second-order valence-corrected chi connectivity index (χ2v) is 5.19.